The zero-order valence-electron chi connectivity index (χ0n) is 17.0. The molecule has 1 aromatic heterocycles. The summed E-state index contributed by atoms with van der Waals surface area (Å²) in [5.74, 6) is 0.755. The van der Waals surface area contributed by atoms with Crippen molar-refractivity contribution in [2.75, 3.05) is 13.2 Å². The number of ether oxygens (including phenoxy) is 2. The van der Waals surface area contributed by atoms with Crippen molar-refractivity contribution in [3.05, 3.63) is 89.9 Å². The molecule has 1 N–H and O–H groups in total. The van der Waals surface area contributed by atoms with Gasteiger partial charge in [-0.2, -0.15) is 4.72 Å². The molecule has 0 unspecified atom stereocenters. The van der Waals surface area contributed by atoms with Crippen LogP contribution in [0.4, 0.5) is 4.39 Å². The Balaban J connectivity index is 1.55. The van der Waals surface area contributed by atoms with Gasteiger partial charge in [-0.1, -0.05) is 30.3 Å². The number of hydrogen-bond donors (Lipinski definition) is 1. The molecular formula is C24H20FNO5S. The Labute approximate surface area is 184 Å². The summed E-state index contributed by atoms with van der Waals surface area (Å²) in [6.07, 6.45) is 0.711. The van der Waals surface area contributed by atoms with Gasteiger partial charge in [0.2, 0.25) is 10.0 Å². The van der Waals surface area contributed by atoms with Crippen LogP contribution in [0.1, 0.15) is 23.8 Å². The summed E-state index contributed by atoms with van der Waals surface area (Å²) in [6, 6.07) is 18.4. The number of furan rings is 1. The number of fused-ring (bicyclic) bond motifs is 2. The molecule has 3 aromatic carbocycles. The first-order chi connectivity index (χ1) is 15.5. The molecule has 5 rings (SSSR count). The molecule has 0 saturated carbocycles. The van der Waals surface area contributed by atoms with Crippen LogP contribution < -0.4 is 14.2 Å². The van der Waals surface area contributed by atoms with Crippen molar-refractivity contribution in [3.8, 4) is 11.5 Å². The van der Waals surface area contributed by atoms with Crippen LogP contribution in [0.15, 0.2) is 82.1 Å². The fourth-order valence-electron chi connectivity index (χ4n) is 3.66. The lowest BCUT2D eigenvalue weighted by Crippen LogP contribution is -2.29. The Morgan fingerprint density at radius 3 is 2.50 bits per heavy atom. The Bertz CT molecular complexity index is 1350. The van der Waals surface area contributed by atoms with Gasteiger partial charge in [-0.3, -0.25) is 0 Å². The van der Waals surface area contributed by atoms with Crippen molar-refractivity contribution >= 4 is 21.0 Å². The smallest absolute Gasteiger partial charge is 0.241 e. The molecule has 6 nitrogen and oxygen atoms in total. The quantitative estimate of drug-likeness (QED) is 0.470. The van der Waals surface area contributed by atoms with Crippen LogP contribution in [0.5, 0.6) is 11.5 Å². The second kappa shape index (κ2) is 8.29. The van der Waals surface area contributed by atoms with Gasteiger partial charge in [0, 0.05) is 17.9 Å². The third kappa shape index (κ3) is 4.06. The lowest BCUT2D eigenvalue weighted by atomic mass is 10.1. The number of rotatable bonds is 5. The van der Waals surface area contributed by atoms with Gasteiger partial charge < -0.3 is 13.9 Å². The Morgan fingerprint density at radius 1 is 0.875 bits per heavy atom. The summed E-state index contributed by atoms with van der Waals surface area (Å²) in [4.78, 5) is 0.0132. The van der Waals surface area contributed by atoms with E-state index in [2.05, 4.69) is 4.72 Å². The summed E-state index contributed by atoms with van der Waals surface area (Å²) in [7, 11) is -4.02. The van der Waals surface area contributed by atoms with Gasteiger partial charge in [-0.25, -0.2) is 12.8 Å². The highest BCUT2D eigenvalue weighted by Gasteiger charge is 2.27. The molecule has 32 heavy (non-hydrogen) atoms. The molecule has 1 aliphatic rings. The van der Waals surface area contributed by atoms with Crippen LogP contribution in [0.2, 0.25) is 0 Å². The second-order valence-corrected chi connectivity index (χ2v) is 9.17. The van der Waals surface area contributed by atoms with Crippen molar-refractivity contribution in [2.45, 2.75) is 17.4 Å². The van der Waals surface area contributed by atoms with Crippen molar-refractivity contribution in [1.29, 1.82) is 0 Å². The topological polar surface area (TPSA) is 77.8 Å². The fourth-order valence-corrected chi connectivity index (χ4v) is 4.86. The monoisotopic (exact) mass is 453 g/mol. The molecule has 0 spiro atoms. The molecule has 8 heteroatoms. The summed E-state index contributed by atoms with van der Waals surface area (Å²) in [5.41, 5.74) is 1.03. The molecule has 164 valence electrons. The highest BCUT2D eigenvalue weighted by atomic mass is 32.2. The Kier molecular flexibility index (Phi) is 5.32. The standard InChI is InChI=1S/C24H20FNO5S/c25-18-7-3-6-17(13-18)24(23-14-16-5-1-2-8-20(16)31-23)26-32(27,28)19-9-10-21-22(15-19)30-12-4-11-29-21/h1-3,5-10,13-15,24,26H,4,11-12H2/t24-/m0/s1. The predicted octanol–water partition coefficient (Wildman–Crippen LogP) is 4.80. The number of hydrogen-bond acceptors (Lipinski definition) is 5. The number of benzene rings is 3. The summed E-state index contributed by atoms with van der Waals surface area (Å²) in [5, 5.41) is 0.818. The van der Waals surface area contributed by atoms with Crippen LogP contribution in [-0.2, 0) is 10.0 Å². The van der Waals surface area contributed by atoms with E-state index in [9.17, 15) is 12.8 Å². The van der Waals surface area contributed by atoms with Crippen LogP contribution in [0.3, 0.4) is 0 Å². The van der Waals surface area contributed by atoms with Crippen molar-refractivity contribution < 1.29 is 26.7 Å². The van der Waals surface area contributed by atoms with Gasteiger partial charge in [0.05, 0.1) is 18.1 Å². The van der Waals surface area contributed by atoms with E-state index in [1.807, 2.05) is 18.2 Å². The van der Waals surface area contributed by atoms with E-state index in [0.29, 0.717) is 48.0 Å². The van der Waals surface area contributed by atoms with Gasteiger partial charge in [0.15, 0.2) is 11.5 Å². The normalized spacial score (nSPS) is 14.8. The number of nitrogens with one attached hydrogen (secondary N) is 1. The molecule has 1 atom stereocenters. The minimum absolute atomic E-state index is 0.0132. The van der Waals surface area contributed by atoms with E-state index >= 15 is 0 Å². The zero-order chi connectivity index (χ0) is 22.1. The summed E-state index contributed by atoms with van der Waals surface area (Å²) < 4.78 is 60.4. The van der Waals surface area contributed by atoms with Gasteiger partial charge >= 0.3 is 0 Å². The Hall–Kier alpha value is -3.36. The molecule has 0 saturated heterocycles. The van der Waals surface area contributed by atoms with Crippen LogP contribution in [-0.4, -0.2) is 21.6 Å². The first-order valence-corrected chi connectivity index (χ1v) is 11.6. The van der Waals surface area contributed by atoms with Crippen molar-refractivity contribution in [1.82, 2.24) is 4.72 Å². The molecule has 4 aromatic rings. The largest absolute Gasteiger partial charge is 0.490 e. The van der Waals surface area contributed by atoms with Gasteiger partial charge in [0.25, 0.3) is 0 Å². The third-order valence-electron chi connectivity index (χ3n) is 5.21. The third-order valence-corrected chi connectivity index (χ3v) is 6.63. The number of para-hydroxylation sites is 1. The van der Waals surface area contributed by atoms with Crippen LogP contribution in [0.25, 0.3) is 11.0 Å². The van der Waals surface area contributed by atoms with Gasteiger partial charge in [-0.15, -0.1) is 0 Å². The lowest BCUT2D eigenvalue weighted by Gasteiger charge is -2.18. The van der Waals surface area contributed by atoms with Crippen molar-refractivity contribution in [3.63, 3.8) is 0 Å². The maximum absolute atomic E-state index is 14.0. The minimum atomic E-state index is -4.02. The van der Waals surface area contributed by atoms with Crippen LogP contribution in [0, 0.1) is 5.82 Å². The maximum atomic E-state index is 14.0. The van der Waals surface area contributed by atoms with E-state index in [-0.39, 0.29) is 4.90 Å². The SMILES string of the molecule is O=S(=O)(N[C@@H](c1cccc(F)c1)c1cc2ccccc2o1)c1ccc2c(c1)OCCCO2. The van der Waals surface area contributed by atoms with E-state index in [4.69, 9.17) is 13.9 Å². The van der Waals surface area contributed by atoms with E-state index in [1.54, 1.807) is 24.3 Å². The lowest BCUT2D eigenvalue weighted by molar-refractivity contribution is 0.297. The summed E-state index contributed by atoms with van der Waals surface area (Å²) in [6.45, 7) is 0.944. The molecular weight excluding hydrogens is 433 g/mol. The molecule has 0 radical (unpaired) electrons. The molecule has 0 aliphatic carbocycles. The molecule has 2 heterocycles. The molecule has 0 bridgehead atoms. The Morgan fingerprint density at radius 2 is 1.69 bits per heavy atom. The number of sulfonamides is 1. The molecule has 1 aliphatic heterocycles. The zero-order valence-corrected chi connectivity index (χ0v) is 17.8. The highest BCUT2D eigenvalue weighted by molar-refractivity contribution is 7.89. The maximum Gasteiger partial charge on any atom is 0.241 e. The second-order valence-electron chi connectivity index (χ2n) is 7.45. The number of halogens is 1. The van der Waals surface area contributed by atoms with Gasteiger partial charge in [0.1, 0.15) is 23.2 Å². The minimum Gasteiger partial charge on any atom is -0.490 e. The average molecular weight is 453 g/mol. The van der Waals surface area contributed by atoms with E-state index in [1.165, 1.54) is 30.3 Å². The average Bonchev–Trinajstić information content (AvgIpc) is 3.07. The summed E-state index contributed by atoms with van der Waals surface area (Å²) >= 11 is 0. The first-order valence-electron chi connectivity index (χ1n) is 10.2. The molecule has 0 fully saturated rings. The van der Waals surface area contributed by atoms with Crippen LogP contribution >= 0.6 is 0 Å². The van der Waals surface area contributed by atoms with Gasteiger partial charge in [-0.05, 0) is 42.0 Å². The van der Waals surface area contributed by atoms with E-state index in [0.717, 1.165) is 5.39 Å². The van der Waals surface area contributed by atoms with Crippen molar-refractivity contribution in [2.24, 2.45) is 0 Å². The molecule has 0 amide bonds. The predicted molar refractivity (Wildman–Crippen MR) is 117 cm³/mol. The fraction of sp³-hybridized carbons (Fsp3) is 0.167. The van der Waals surface area contributed by atoms with E-state index < -0.39 is 21.9 Å². The highest BCUT2D eigenvalue weighted by Crippen LogP contribution is 2.34. The first kappa shape index (κ1) is 20.5.